The summed E-state index contributed by atoms with van der Waals surface area (Å²) >= 11 is 0. The third-order valence-corrected chi connectivity index (χ3v) is 4.22. The molecular weight excluding hydrogens is 242 g/mol. The van der Waals surface area contributed by atoms with Crippen LogP contribution in [-0.2, 0) is 4.79 Å². The molecule has 2 fully saturated rings. The van der Waals surface area contributed by atoms with E-state index < -0.39 is 0 Å². The Kier molecular flexibility index (Phi) is 5.60. The first-order valence-corrected chi connectivity index (χ1v) is 7.52. The minimum atomic E-state index is -0.253. The number of hydrogen-bond acceptors (Lipinski definition) is 4. The molecule has 5 nitrogen and oxygen atoms in total. The van der Waals surface area contributed by atoms with Gasteiger partial charge in [-0.15, -0.1) is 0 Å². The summed E-state index contributed by atoms with van der Waals surface area (Å²) in [5.74, 6) is 0.174. The van der Waals surface area contributed by atoms with Crippen molar-refractivity contribution in [1.29, 1.82) is 0 Å². The van der Waals surface area contributed by atoms with Gasteiger partial charge in [-0.05, 0) is 45.3 Å². The molecule has 0 aromatic heterocycles. The Balaban J connectivity index is 1.66. The van der Waals surface area contributed by atoms with E-state index >= 15 is 0 Å². The van der Waals surface area contributed by atoms with Crippen molar-refractivity contribution < 1.29 is 9.90 Å². The van der Waals surface area contributed by atoms with Crippen LogP contribution in [0, 0.1) is 0 Å². The number of carbonyl (C=O) groups excluding carboxylic acids is 1. The molecular formula is C14H27N3O2. The van der Waals surface area contributed by atoms with Gasteiger partial charge in [0, 0.05) is 26.7 Å². The van der Waals surface area contributed by atoms with Gasteiger partial charge in [0.05, 0.1) is 12.6 Å². The van der Waals surface area contributed by atoms with Crippen LogP contribution in [0.2, 0.25) is 0 Å². The highest BCUT2D eigenvalue weighted by atomic mass is 16.3. The van der Waals surface area contributed by atoms with Gasteiger partial charge in [-0.3, -0.25) is 9.69 Å². The average molecular weight is 269 g/mol. The normalized spacial score (nSPS) is 25.7. The number of likely N-dealkylation sites (N-methyl/N-ethyl adjacent to an activating group) is 1. The number of nitrogens with zero attached hydrogens (tertiary/aromatic N) is 3. The summed E-state index contributed by atoms with van der Waals surface area (Å²) in [7, 11) is 1.89. The van der Waals surface area contributed by atoms with E-state index in [1.807, 2.05) is 11.9 Å². The van der Waals surface area contributed by atoms with E-state index in [0.29, 0.717) is 13.1 Å². The molecule has 5 heteroatoms. The molecule has 2 rings (SSSR count). The van der Waals surface area contributed by atoms with E-state index in [0.717, 1.165) is 32.5 Å². The van der Waals surface area contributed by atoms with E-state index in [1.165, 1.54) is 25.9 Å². The topological polar surface area (TPSA) is 47.0 Å². The molecule has 0 aromatic rings. The number of amides is 1. The molecule has 1 N–H and O–H groups in total. The van der Waals surface area contributed by atoms with Crippen LogP contribution < -0.4 is 0 Å². The number of hydrogen-bond donors (Lipinski definition) is 1. The first-order valence-electron chi connectivity index (χ1n) is 7.52. The van der Waals surface area contributed by atoms with Crippen molar-refractivity contribution in [3.05, 3.63) is 0 Å². The van der Waals surface area contributed by atoms with Crippen molar-refractivity contribution in [3.63, 3.8) is 0 Å². The fraction of sp³-hybridized carbons (Fsp3) is 0.929. The van der Waals surface area contributed by atoms with Gasteiger partial charge in [-0.25, -0.2) is 0 Å². The molecule has 0 aromatic carbocycles. The zero-order valence-electron chi connectivity index (χ0n) is 12.1. The first-order chi connectivity index (χ1) is 9.15. The lowest BCUT2D eigenvalue weighted by molar-refractivity contribution is -0.132. The van der Waals surface area contributed by atoms with E-state index in [2.05, 4.69) is 9.80 Å². The predicted molar refractivity (Wildman–Crippen MR) is 75.0 cm³/mol. The molecule has 19 heavy (non-hydrogen) atoms. The summed E-state index contributed by atoms with van der Waals surface area (Å²) in [5.41, 5.74) is 0. The van der Waals surface area contributed by atoms with Crippen LogP contribution in [0.4, 0.5) is 0 Å². The third-order valence-electron chi connectivity index (χ3n) is 4.22. The summed E-state index contributed by atoms with van der Waals surface area (Å²) < 4.78 is 0. The Bertz CT molecular complexity index is 292. The maximum atomic E-state index is 12.1. The van der Waals surface area contributed by atoms with E-state index in [9.17, 15) is 9.90 Å². The zero-order valence-corrected chi connectivity index (χ0v) is 12.1. The molecule has 2 aliphatic heterocycles. The molecule has 0 bridgehead atoms. The smallest absolute Gasteiger partial charge is 0.236 e. The predicted octanol–water partition coefficient (Wildman–Crippen LogP) is -0.00270. The van der Waals surface area contributed by atoms with Gasteiger partial charge in [0.2, 0.25) is 5.91 Å². The summed E-state index contributed by atoms with van der Waals surface area (Å²) in [6, 6.07) is 0. The molecule has 110 valence electrons. The second-order valence-corrected chi connectivity index (χ2v) is 5.90. The number of carbonyl (C=O) groups is 1. The summed E-state index contributed by atoms with van der Waals surface area (Å²) in [6.07, 6.45) is 4.20. The molecule has 2 aliphatic rings. The summed E-state index contributed by atoms with van der Waals surface area (Å²) in [4.78, 5) is 18.4. The molecule has 0 spiro atoms. The van der Waals surface area contributed by atoms with Gasteiger partial charge in [0.25, 0.3) is 0 Å². The Morgan fingerprint density at radius 1 is 1.21 bits per heavy atom. The minimum Gasteiger partial charge on any atom is -0.392 e. The van der Waals surface area contributed by atoms with Crippen LogP contribution in [0.3, 0.4) is 0 Å². The number of piperidine rings is 1. The highest BCUT2D eigenvalue weighted by molar-refractivity contribution is 5.78. The van der Waals surface area contributed by atoms with Crippen molar-refractivity contribution >= 4 is 5.91 Å². The molecule has 0 unspecified atom stereocenters. The quantitative estimate of drug-likeness (QED) is 0.763. The van der Waals surface area contributed by atoms with Gasteiger partial charge in [-0.2, -0.15) is 0 Å². The molecule has 0 aliphatic carbocycles. The highest BCUT2D eigenvalue weighted by Crippen LogP contribution is 2.10. The molecule has 1 atom stereocenters. The Morgan fingerprint density at radius 3 is 2.58 bits per heavy atom. The molecule has 0 saturated carbocycles. The Hall–Kier alpha value is -0.650. The number of aliphatic hydroxyl groups excluding tert-OH is 1. The maximum absolute atomic E-state index is 12.1. The van der Waals surface area contributed by atoms with Crippen LogP contribution in [0.5, 0.6) is 0 Å². The summed E-state index contributed by atoms with van der Waals surface area (Å²) in [6.45, 7) is 6.20. The first kappa shape index (κ1) is 14.8. The second-order valence-electron chi connectivity index (χ2n) is 5.90. The SMILES string of the molecule is CN(CCN1CCCC1)C(=O)CN1CCC[C@H](O)C1. The van der Waals surface area contributed by atoms with Gasteiger partial charge >= 0.3 is 0 Å². The van der Waals surface area contributed by atoms with Gasteiger partial charge in [0.15, 0.2) is 0 Å². The lowest BCUT2D eigenvalue weighted by Gasteiger charge is -2.31. The van der Waals surface area contributed by atoms with Crippen molar-refractivity contribution in [1.82, 2.24) is 14.7 Å². The Morgan fingerprint density at radius 2 is 1.89 bits per heavy atom. The number of β-amino-alcohol motifs (C(OH)–C–C–N with tert-alkyl or cyclic N) is 1. The molecule has 0 radical (unpaired) electrons. The lowest BCUT2D eigenvalue weighted by atomic mass is 10.1. The third kappa shape index (κ3) is 4.75. The fourth-order valence-corrected chi connectivity index (χ4v) is 2.91. The van der Waals surface area contributed by atoms with Gasteiger partial charge < -0.3 is 14.9 Å². The van der Waals surface area contributed by atoms with Crippen molar-refractivity contribution in [2.45, 2.75) is 31.8 Å². The monoisotopic (exact) mass is 269 g/mol. The van der Waals surface area contributed by atoms with E-state index in [-0.39, 0.29) is 12.0 Å². The molecule has 1 amide bonds. The number of rotatable bonds is 5. The van der Waals surface area contributed by atoms with E-state index in [4.69, 9.17) is 0 Å². The average Bonchev–Trinajstić information content (AvgIpc) is 2.89. The van der Waals surface area contributed by atoms with Crippen LogP contribution >= 0.6 is 0 Å². The standard InChI is InChI=1S/C14H27N3O2/c1-15(9-10-16-6-2-3-7-16)14(19)12-17-8-4-5-13(18)11-17/h13,18H,2-12H2,1H3/t13-/m0/s1. The molecule has 2 saturated heterocycles. The number of aliphatic hydroxyl groups is 1. The highest BCUT2D eigenvalue weighted by Gasteiger charge is 2.21. The van der Waals surface area contributed by atoms with Crippen LogP contribution in [0.25, 0.3) is 0 Å². The number of likely N-dealkylation sites (tertiary alicyclic amines) is 2. The van der Waals surface area contributed by atoms with Crippen molar-refractivity contribution in [2.24, 2.45) is 0 Å². The molecule has 2 heterocycles. The lowest BCUT2D eigenvalue weighted by Crippen LogP contribution is -2.45. The van der Waals surface area contributed by atoms with Crippen molar-refractivity contribution in [2.75, 3.05) is 52.9 Å². The van der Waals surface area contributed by atoms with E-state index in [1.54, 1.807) is 0 Å². The zero-order chi connectivity index (χ0) is 13.7. The van der Waals surface area contributed by atoms with Crippen LogP contribution in [0.15, 0.2) is 0 Å². The summed E-state index contributed by atoms with van der Waals surface area (Å²) in [5, 5.41) is 9.60. The van der Waals surface area contributed by atoms with Gasteiger partial charge in [-0.1, -0.05) is 0 Å². The fourth-order valence-electron chi connectivity index (χ4n) is 2.91. The minimum absolute atomic E-state index is 0.174. The maximum Gasteiger partial charge on any atom is 0.236 e. The van der Waals surface area contributed by atoms with Crippen molar-refractivity contribution in [3.8, 4) is 0 Å². The second kappa shape index (κ2) is 7.22. The largest absolute Gasteiger partial charge is 0.392 e. The van der Waals surface area contributed by atoms with Crippen LogP contribution in [-0.4, -0.2) is 84.7 Å². The van der Waals surface area contributed by atoms with Gasteiger partial charge in [0.1, 0.15) is 0 Å². The Labute approximate surface area is 116 Å². The van der Waals surface area contributed by atoms with Crippen LogP contribution in [0.1, 0.15) is 25.7 Å².